The van der Waals surface area contributed by atoms with E-state index in [4.69, 9.17) is 0 Å². The SMILES string of the molecule is CN(C)C(=O)c1cc(N2CCC(C)(C(=O)O)CC2)ccn1. The van der Waals surface area contributed by atoms with Crippen molar-refractivity contribution in [1.29, 1.82) is 0 Å². The van der Waals surface area contributed by atoms with Crippen LogP contribution in [0, 0.1) is 5.41 Å². The second-order valence-corrected chi connectivity index (χ2v) is 5.95. The fraction of sp³-hybridized carbons (Fsp3) is 0.533. The third kappa shape index (κ3) is 3.15. The van der Waals surface area contributed by atoms with Crippen LogP contribution in [-0.4, -0.2) is 54.1 Å². The van der Waals surface area contributed by atoms with E-state index in [1.54, 1.807) is 33.3 Å². The van der Waals surface area contributed by atoms with Crippen LogP contribution in [0.5, 0.6) is 0 Å². The zero-order chi connectivity index (χ0) is 15.6. The summed E-state index contributed by atoms with van der Waals surface area (Å²) < 4.78 is 0. The van der Waals surface area contributed by atoms with Crippen LogP contribution in [0.2, 0.25) is 0 Å². The zero-order valence-electron chi connectivity index (χ0n) is 12.7. The molecule has 2 heterocycles. The Morgan fingerprint density at radius 2 is 1.95 bits per heavy atom. The number of anilines is 1. The molecule has 0 saturated carbocycles. The van der Waals surface area contributed by atoms with Crippen molar-refractivity contribution < 1.29 is 14.7 Å². The van der Waals surface area contributed by atoms with Gasteiger partial charge in [-0.15, -0.1) is 0 Å². The number of carboxylic acid groups (broad SMARTS) is 1. The van der Waals surface area contributed by atoms with E-state index in [0.29, 0.717) is 31.6 Å². The van der Waals surface area contributed by atoms with Gasteiger partial charge in [0.2, 0.25) is 0 Å². The molecule has 1 N–H and O–H groups in total. The summed E-state index contributed by atoms with van der Waals surface area (Å²) in [6.07, 6.45) is 2.82. The van der Waals surface area contributed by atoms with Crippen molar-refractivity contribution in [2.75, 3.05) is 32.1 Å². The highest BCUT2D eigenvalue weighted by Crippen LogP contribution is 2.33. The second-order valence-electron chi connectivity index (χ2n) is 5.95. The van der Waals surface area contributed by atoms with Crippen LogP contribution in [0.25, 0.3) is 0 Å². The fourth-order valence-electron chi connectivity index (χ4n) is 2.43. The van der Waals surface area contributed by atoms with Gasteiger partial charge < -0.3 is 14.9 Å². The molecule has 1 aliphatic heterocycles. The zero-order valence-corrected chi connectivity index (χ0v) is 12.7. The molecule has 0 aromatic carbocycles. The number of carbonyl (C=O) groups is 2. The molecule has 0 spiro atoms. The minimum absolute atomic E-state index is 0.135. The van der Waals surface area contributed by atoms with Crippen LogP contribution in [0.4, 0.5) is 5.69 Å². The van der Waals surface area contributed by atoms with Crippen LogP contribution in [0.1, 0.15) is 30.3 Å². The molecule has 1 fully saturated rings. The minimum Gasteiger partial charge on any atom is -0.481 e. The standard InChI is InChI=1S/C15H21N3O3/c1-15(14(20)21)5-8-18(9-6-15)11-4-7-16-12(10-11)13(19)17(2)3/h4,7,10H,5-6,8-9H2,1-3H3,(H,20,21). The molecule has 6 nitrogen and oxygen atoms in total. The lowest BCUT2D eigenvalue weighted by molar-refractivity contribution is -0.149. The summed E-state index contributed by atoms with van der Waals surface area (Å²) in [5.41, 5.74) is 0.679. The molecule has 2 rings (SSSR count). The highest BCUT2D eigenvalue weighted by atomic mass is 16.4. The van der Waals surface area contributed by atoms with Crippen LogP contribution in [-0.2, 0) is 4.79 Å². The average Bonchev–Trinajstić information content (AvgIpc) is 2.47. The topological polar surface area (TPSA) is 73.7 Å². The molecule has 1 amide bonds. The first-order valence-corrected chi connectivity index (χ1v) is 6.99. The van der Waals surface area contributed by atoms with Crippen molar-refractivity contribution in [3.8, 4) is 0 Å². The molecule has 1 aromatic heterocycles. The molecule has 0 aliphatic carbocycles. The van der Waals surface area contributed by atoms with E-state index in [9.17, 15) is 14.7 Å². The predicted molar refractivity (Wildman–Crippen MR) is 79.4 cm³/mol. The molecule has 6 heteroatoms. The first kappa shape index (κ1) is 15.3. The van der Waals surface area contributed by atoms with Crippen LogP contribution in [0.3, 0.4) is 0 Å². The number of aromatic nitrogens is 1. The number of pyridine rings is 1. The molecule has 0 radical (unpaired) electrons. The van der Waals surface area contributed by atoms with Gasteiger partial charge in [-0.2, -0.15) is 0 Å². The summed E-state index contributed by atoms with van der Waals surface area (Å²) in [6.45, 7) is 3.13. The molecule has 114 valence electrons. The summed E-state index contributed by atoms with van der Waals surface area (Å²) in [5.74, 6) is -0.871. The van der Waals surface area contributed by atoms with Gasteiger partial charge in [0.25, 0.3) is 5.91 Å². The number of rotatable bonds is 3. The van der Waals surface area contributed by atoms with Gasteiger partial charge >= 0.3 is 5.97 Å². The van der Waals surface area contributed by atoms with Crippen molar-refractivity contribution in [3.05, 3.63) is 24.0 Å². The van der Waals surface area contributed by atoms with Crippen molar-refractivity contribution in [3.63, 3.8) is 0 Å². The number of carboxylic acids is 1. The van der Waals surface area contributed by atoms with E-state index in [-0.39, 0.29) is 5.91 Å². The normalized spacial score (nSPS) is 17.4. The lowest BCUT2D eigenvalue weighted by atomic mass is 9.80. The molecule has 1 saturated heterocycles. The lowest BCUT2D eigenvalue weighted by Gasteiger charge is -2.37. The lowest BCUT2D eigenvalue weighted by Crippen LogP contribution is -2.42. The van der Waals surface area contributed by atoms with E-state index in [0.717, 1.165) is 5.69 Å². The van der Waals surface area contributed by atoms with E-state index in [2.05, 4.69) is 9.88 Å². The van der Waals surface area contributed by atoms with Crippen molar-refractivity contribution in [2.45, 2.75) is 19.8 Å². The van der Waals surface area contributed by atoms with E-state index in [1.807, 2.05) is 6.07 Å². The minimum atomic E-state index is -0.736. The Morgan fingerprint density at radius 1 is 1.33 bits per heavy atom. The van der Waals surface area contributed by atoms with Gasteiger partial charge in [0, 0.05) is 39.1 Å². The number of piperidine rings is 1. The summed E-state index contributed by atoms with van der Waals surface area (Å²) in [4.78, 5) is 30.9. The van der Waals surface area contributed by atoms with Crippen molar-refractivity contribution >= 4 is 17.6 Å². The number of nitrogens with zero attached hydrogens (tertiary/aromatic N) is 3. The van der Waals surface area contributed by atoms with Gasteiger partial charge in [-0.3, -0.25) is 14.6 Å². The Balaban J connectivity index is 2.12. The van der Waals surface area contributed by atoms with Gasteiger partial charge in [-0.25, -0.2) is 0 Å². The summed E-state index contributed by atoms with van der Waals surface area (Å²) in [6, 6.07) is 3.63. The molecular weight excluding hydrogens is 270 g/mol. The Hall–Kier alpha value is -2.11. The Morgan fingerprint density at radius 3 is 2.48 bits per heavy atom. The largest absolute Gasteiger partial charge is 0.481 e. The van der Waals surface area contributed by atoms with Crippen molar-refractivity contribution in [1.82, 2.24) is 9.88 Å². The molecule has 0 unspecified atom stereocenters. The van der Waals surface area contributed by atoms with Gasteiger partial charge in [-0.05, 0) is 31.9 Å². The maximum Gasteiger partial charge on any atom is 0.309 e. The molecule has 21 heavy (non-hydrogen) atoms. The van der Waals surface area contributed by atoms with Crippen LogP contribution in [0.15, 0.2) is 18.3 Å². The predicted octanol–water partition coefficient (Wildman–Crippen LogP) is 1.47. The smallest absolute Gasteiger partial charge is 0.309 e. The quantitative estimate of drug-likeness (QED) is 0.913. The molecular formula is C15H21N3O3. The highest BCUT2D eigenvalue weighted by Gasteiger charge is 2.36. The van der Waals surface area contributed by atoms with E-state index >= 15 is 0 Å². The molecule has 1 aromatic rings. The number of hydrogen-bond donors (Lipinski definition) is 1. The second kappa shape index (κ2) is 5.71. The first-order valence-electron chi connectivity index (χ1n) is 6.99. The maximum absolute atomic E-state index is 11.9. The molecule has 0 atom stereocenters. The Bertz CT molecular complexity index is 549. The van der Waals surface area contributed by atoms with Crippen LogP contribution < -0.4 is 4.90 Å². The summed E-state index contributed by atoms with van der Waals surface area (Å²) >= 11 is 0. The van der Waals surface area contributed by atoms with Crippen molar-refractivity contribution in [2.24, 2.45) is 5.41 Å². The van der Waals surface area contributed by atoms with E-state index in [1.165, 1.54) is 4.90 Å². The number of amides is 1. The summed E-state index contributed by atoms with van der Waals surface area (Å²) in [7, 11) is 3.38. The van der Waals surface area contributed by atoms with Crippen LogP contribution >= 0.6 is 0 Å². The van der Waals surface area contributed by atoms with Gasteiger partial charge in [0.05, 0.1) is 5.41 Å². The third-order valence-corrected chi connectivity index (χ3v) is 4.12. The highest BCUT2D eigenvalue weighted by molar-refractivity contribution is 5.92. The van der Waals surface area contributed by atoms with E-state index < -0.39 is 11.4 Å². The Kier molecular flexibility index (Phi) is 4.16. The van der Waals surface area contributed by atoms with Gasteiger partial charge in [0.1, 0.15) is 5.69 Å². The first-order chi connectivity index (χ1) is 9.83. The molecule has 1 aliphatic rings. The number of aliphatic carboxylic acids is 1. The monoisotopic (exact) mass is 291 g/mol. The third-order valence-electron chi connectivity index (χ3n) is 4.12. The average molecular weight is 291 g/mol. The Labute approximate surface area is 124 Å². The number of carbonyl (C=O) groups excluding carboxylic acids is 1. The van der Waals surface area contributed by atoms with Gasteiger partial charge in [0.15, 0.2) is 0 Å². The fourth-order valence-corrected chi connectivity index (χ4v) is 2.43. The maximum atomic E-state index is 11.9. The summed E-state index contributed by atoms with van der Waals surface area (Å²) in [5, 5.41) is 9.25. The molecule has 0 bridgehead atoms. The number of hydrogen-bond acceptors (Lipinski definition) is 4. The van der Waals surface area contributed by atoms with Gasteiger partial charge in [-0.1, -0.05) is 0 Å².